The number of benzene rings is 1. The zero-order valence-electron chi connectivity index (χ0n) is 11.4. The van der Waals surface area contributed by atoms with E-state index in [0.29, 0.717) is 29.6 Å². The summed E-state index contributed by atoms with van der Waals surface area (Å²) in [4.78, 5) is 14.1. The summed E-state index contributed by atoms with van der Waals surface area (Å²) in [6.45, 7) is 1.36. The lowest BCUT2D eigenvalue weighted by Gasteiger charge is -2.38. The van der Waals surface area contributed by atoms with Crippen molar-refractivity contribution in [3.05, 3.63) is 46.7 Å². The molecule has 2 aromatic rings. The van der Waals surface area contributed by atoms with Crippen molar-refractivity contribution in [1.29, 1.82) is 0 Å². The molecule has 1 saturated carbocycles. The molecule has 0 radical (unpaired) electrons. The minimum Gasteiger partial charge on any atom is -0.334 e. The van der Waals surface area contributed by atoms with Crippen LogP contribution in [0.1, 0.15) is 40.9 Å². The van der Waals surface area contributed by atoms with Crippen molar-refractivity contribution in [1.82, 2.24) is 19.9 Å². The molecule has 0 N–H and O–H groups in total. The summed E-state index contributed by atoms with van der Waals surface area (Å²) in [5, 5.41) is 8.99. The minimum absolute atomic E-state index is 0.0243. The molecule has 6 heteroatoms. The molecule has 2 fully saturated rings. The Bertz CT molecular complexity index is 688. The van der Waals surface area contributed by atoms with E-state index in [1.54, 1.807) is 24.3 Å². The summed E-state index contributed by atoms with van der Waals surface area (Å²) in [7, 11) is 0. The van der Waals surface area contributed by atoms with Crippen molar-refractivity contribution >= 4 is 17.5 Å². The van der Waals surface area contributed by atoms with E-state index in [4.69, 9.17) is 11.6 Å². The van der Waals surface area contributed by atoms with Gasteiger partial charge in [-0.05, 0) is 31.0 Å². The molecule has 1 aromatic carbocycles. The average Bonchev–Trinajstić information content (AvgIpc) is 3.17. The van der Waals surface area contributed by atoms with Crippen molar-refractivity contribution in [3.63, 3.8) is 0 Å². The number of amides is 1. The molecule has 1 aromatic heterocycles. The summed E-state index contributed by atoms with van der Waals surface area (Å²) in [6, 6.07) is 7.31. The van der Waals surface area contributed by atoms with Gasteiger partial charge in [0.1, 0.15) is 0 Å². The van der Waals surface area contributed by atoms with Crippen LogP contribution in [0.3, 0.4) is 0 Å². The van der Waals surface area contributed by atoms with Gasteiger partial charge in [0.15, 0.2) is 0 Å². The van der Waals surface area contributed by atoms with Crippen molar-refractivity contribution in [2.75, 3.05) is 13.1 Å². The fraction of sp³-hybridized carbons (Fsp3) is 0.400. The van der Waals surface area contributed by atoms with E-state index in [1.807, 2.05) is 15.8 Å². The number of likely N-dealkylation sites (tertiary alicyclic amines) is 1. The van der Waals surface area contributed by atoms with Crippen molar-refractivity contribution < 1.29 is 4.79 Å². The SMILES string of the molecule is O=C(c1cccc(Cl)c1)N1CC(n2cc(C3CC3)nn2)C1. The third-order valence-electron chi connectivity index (χ3n) is 4.12. The second kappa shape index (κ2) is 4.84. The maximum Gasteiger partial charge on any atom is 0.254 e. The van der Waals surface area contributed by atoms with Gasteiger partial charge in [-0.2, -0.15) is 0 Å². The molecular weight excluding hydrogens is 288 g/mol. The molecule has 1 aliphatic heterocycles. The van der Waals surface area contributed by atoms with Crippen LogP contribution in [-0.2, 0) is 0 Å². The quantitative estimate of drug-likeness (QED) is 0.875. The average molecular weight is 303 g/mol. The van der Waals surface area contributed by atoms with E-state index in [0.717, 1.165) is 5.69 Å². The number of carbonyl (C=O) groups excluding carboxylic acids is 1. The van der Waals surface area contributed by atoms with Crippen LogP contribution in [0.25, 0.3) is 0 Å². The molecule has 5 nitrogen and oxygen atoms in total. The first-order valence-corrected chi connectivity index (χ1v) is 7.55. The predicted octanol–water partition coefficient (Wildman–Crippen LogP) is 2.51. The maximum atomic E-state index is 12.3. The Morgan fingerprint density at radius 3 is 2.81 bits per heavy atom. The van der Waals surface area contributed by atoms with Gasteiger partial charge in [-0.3, -0.25) is 4.79 Å². The largest absolute Gasteiger partial charge is 0.334 e. The molecule has 21 heavy (non-hydrogen) atoms. The summed E-state index contributed by atoms with van der Waals surface area (Å²) < 4.78 is 1.90. The van der Waals surface area contributed by atoms with Crippen LogP contribution in [0.5, 0.6) is 0 Å². The second-order valence-corrected chi connectivity index (χ2v) is 6.21. The Balaban J connectivity index is 1.40. The van der Waals surface area contributed by atoms with Gasteiger partial charge in [0.2, 0.25) is 0 Å². The fourth-order valence-electron chi connectivity index (χ4n) is 2.63. The highest BCUT2D eigenvalue weighted by Crippen LogP contribution is 2.39. The first kappa shape index (κ1) is 12.8. The van der Waals surface area contributed by atoms with Crippen molar-refractivity contribution in [3.8, 4) is 0 Å². The van der Waals surface area contributed by atoms with Crippen molar-refractivity contribution in [2.24, 2.45) is 0 Å². The topological polar surface area (TPSA) is 51.0 Å². The van der Waals surface area contributed by atoms with Gasteiger partial charge in [0.25, 0.3) is 5.91 Å². The molecule has 0 bridgehead atoms. The van der Waals surface area contributed by atoms with E-state index >= 15 is 0 Å². The van der Waals surface area contributed by atoms with Gasteiger partial charge in [0.05, 0.1) is 11.7 Å². The number of hydrogen-bond acceptors (Lipinski definition) is 3. The van der Waals surface area contributed by atoms with Gasteiger partial charge >= 0.3 is 0 Å². The van der Waals surface area contributed by atoms with Crippen molar-refractivity contribution in [2.45, 2.75) is 24.8 Å². The summed E-state index contributed by atoms with van der Waals surface area (Å²) in [6.07, 6.45) is 4.48. The Morgan fingerprint density at radius 1 is 1.29 bits per heavy atom. The molecule has 1 aliphatic carbocycles. The molecule has 0 unspecified atom stereocenters. The van der Waals surface area contributed by atoms with E-state index < -0.39 is 0 Å². The number of hydrogen-bond donors (Lipinski definition) is 0. The predicted molar refractivity (Wildman–Crippen MR) is 78.4 cm³/mol. The first-order chi connectivity index (χ1) is 10.2. The van der Waals surface area contributed by atoms with E-state index in [-0.39, 0.29) is 11.9 Å². The molecule has 0 spiro atoms. The van der Waals surface area contributed by atoms with Gasteiger partial charge in [-0.1, -0.05) is 22.9 Å². The zero-order chi connectivity index (χ0) is 14.4. The third-order valence-corrected chi connectivity index (χ3v) is 4.35. The third kappa shape index (κ3) is 2.42. The van der Waals surface area contributed by atoms with E-state index in [2.05, 4.69) is 10.3 Å². The molecule has 108 valence electrons. The maximum absolute atomic E-state index is 12.3. The van der Waals surface area contributed by atoms with Crippen LogP contribution >= 0.6 is 11.6 Å². The minimum atomic E-state index is 0.0243. The molecule has 1 saturated heterocycles. The summed E-state index contributed by atoms with van der Waals surface area (Å²) >= 11 is 5.92. The lowest BCUT2D eigenvalue weighted by atomic mass is 10.1. The number of halogens is 1. The van der Waals surface area contributed by atoms with Gasteiger partial charge in [-0.25, -0.2) is 4.68 Å². The highest BCUT2D eigenvalue weighted by Gasteiger charge is 2.34. The van der Waals surface area contributed by atoms with Gasteiger partial charge < -0.3 is 4.90 Å². The molecule has 2 aliphatic rings. The lowest BCUT2D eigenvalue weighted by Crippen LogP contribution is -2.50. The monoisotopic (exact) mass is 302 g/mol. The van der Waals surface area contributed by atoms with E-state index in [9.17, 15) is 4.79 Å². The Morgan fingerprint density at radius 2 is 2.10 bits per heavy atom. The highest BCUT2D eigenvalue weighted by molar-refractivity contribution is 6.30. The van der Waals surface area contributed by atoms with Crippen LogP contribution in [0.2, 0.25) is 5.02 Å². The smallest absolute Gasteiger partial charge is 0.254 e. The Hall–Kier alpha value is -1.88. The Labute approximate surface area is 127 Å². The van der Waals surface area contributed by atoms with E-state index in [1.165, 1.54) is 12.8 Å². The second-order valence-electron chi connectivity index (χ2n) is 5.77. The standard InChI is InChI=1S/C15H15ClN4O/c16-12-3-1-2-11(6-12)15(21)19-7-13(8-19)20-9-14(17-18-20)10-4-5-10/h1-3,6,9-10,13H,4-5,7-8H2. The zero-order valence-corrected chi connectivity index (χ0v) is 12.2. The van der Waals surface area contributed by atoms with Crippen LogP contribution in [0.15, 0.2) is 30.5 Å². The number of nitrogens with zero attached hydrogens (tertiary/aromatic N) is 4. The van der Waals surface area contributed by atoms with Crippen LogP contribution in [0, 0.1) is 0 Å². The van der Waals surface area contributed by atoms with Crippen LogP contribution in [0.4, 0.5) is 0 Å². The van der Waals surface area contributed by atoms with Crippen LogP contribution in [-0.4, -0.2) is 38.9 Å². The molecular formula is C15H15ClN4O. The number of rotatable bonds is 3. The van der Waals surface area contributed by atoms with Gasteiger partial charge in [-0.15, -0.1) is 5.10 Å². The summed E-state index contributed by atoms with van der Waals surface area (Å²) in [5.74, 6) is 0.638. The molecule has 0 atom stereocenters. The van der Waals surface area contributed by atoms with Crippen LogP contribution < -0.4 is 0 Å². The molecule has 2 heterocycles. The fourth-order valence-corrected chi connectivity index (χ4v) is 2.82. The Kier molecular flexibility index (Phi) is 2.96. The van der Waals surface area contributed by atoms with Gasteiger partial charge in [0, 0.05) is 35.8 Å². The highest BCUT2D eigenvalue weighted by atomic mass is 35.5. The summed E-state index contributed by atoms with van der Waals surface area (Å²) in [5.41, 5.74) is 1.73. The normalized spacial score (nSPS) is 18.6. The number of carbonyl (C=O) groups is 1. The molecule has 1 amide bonds. The number of aromatic nitrogens is 3. The molecule has 4 rings (SSSR count). The first-order valence-electron chi connectivity index (χ1n) is 7.17. The lowest BCUT2D eigenvalue weighted by molar-refractivity contribution is 0.0498.